The third kappa shape index (κ3) is 5.36. The van der Waals surface area contributed by atoms with E-state index in [9.17, 15) is 14.3 Å². The Morgan fingerprint density at radius 2 is 2.03 bits per heavy atom. The first-order valence-corrected chi connectivity index (χ1v) is 10.6. The van der Waals surface area contributed by atoms with Crippen LogP contribution in [-0.2, 0) is 10.2 Å². The summed E-state index contributed by atoms with van der Waals surface area (Å²) in [6.07, 6.45) is 11.5. The monoisotopic (exact) mass is 475 g/mol. The molecule has 0 bridgehead atoms. The van der Waals surface area contributed by atoms with E-state index in [1.54, 1.807) is 24.4 Å². The molecule has 2 aromatic heterocycles. The number of aromatic nitrogens is 1. The van der Waals surface area contributed by atoms with Gasteiger partial charge in [0.2, 0.25) is 5.71 Å². The molecule has 1 unspecified atom stereocenters. The van der Waals surface area contributed by atoms with Crippen molar-refractivity contribution in [2.24, 2.45) is 0 Å². The van der Waals surface area contributed by atoms with E-state index in [1.165, 1.54) is 13.0 Å². The molecular weight excluding hydrogens is 449 g/mol. The lowest BCUT2D eigenvalue weighted by atomic mass is 9.79. The van der Waals surface area contributed by atoms with Gasteiger partial charge in [-0.15, -0.1) is 0 Å². The molecule has 2 aromatic rings. The highest BCUT2D eigenvalue weighted by Crippen LogP contribution is 2.38. The molecule has 1 atom stereocenters. The first kappa shape index (κ1) is 23.8. The largest absolute Gasteiger partial charge is 0.478 e. The second-order valence-electron chi connectivity index (χ2n) is 7.41. The average molecular weight is 476 g/mol. The lowest BCUT2D eigenvalue weighted by Crippen LogP contribution is -2.20. The van der Waals surface area contributed by atoms with Crippen molar-refractivity contribution in [2.75, 3.05) is 0 Å². The summed E-state index contributed by atoms with van der Waals surface area (Å²) in [7, 11) is 0. The van der Waals surface area contributed by atoms with Crippen molar-refractivity contribution in [2.45, 2.75) is 52.9 Å². The third-order valence-corrected chi connectivity index (χ3v) is 5.84. The fourth-order valence-electron chi connectivity index (χ4n) is 2.99. The quantitative estimate of drug-likeness (QED) is 0.316. The number of aliphatic carboxylic acids is 1. The van der Waals surface area contributed by atoms with Crippen LogP contribution in [0.1, 0.15) is 58.8 Å². The highest BCUT2D eigenvalue weighted by atomic mass is 79.9. The summed E-state index contributed by atoms with van der Waals surface area (Å²) < 4.78 is 19.7. The number of carboxylic acid groups (broad SMARTS) is 1. The Morgan fingerprint density at radius 3 is 2.60 bits per heavy atom. The molecule has 0 amide bonds. The zero-order chi connectivity index (χ0) is 22.5. The molecule has 0 aliphatic carbocycles. The summed E-state index contributed by atoms with van der Waals surface area (Å²) in [6, 6.07) is 1.96. The minimum absolute atomic E-state index is 0.250. The van der Waals surface area contributed by atoms with E-state index in [4.69, 9.17) is 4.42 Å². The first-order valence-electron chi connectivity index (χ1n) is 9.85. The van der Waals surface area contributed by atoms with Gasteiger partial charge in [0, 0.05) is 11.6 Å². The number of pyridine rings is 1. The Hall–Kier alpha value is -2.47. The van der Waals surface area contributed by atoms with Gasteiger partial charge < -0.3 is 9.52 Å². The molecule has 0 aliphatic rings. The van der Waals surface area contributed by atoms with Gasteiger partial charge in [-0.3, -0.25) is 0 Å². The number of furan rings is 1. The number of halogens is 2. The van der Waals surface area contributed by atoms with Crippen LogP contribution in [0, 0.1) is 0 Å². The smallest absolute Gasteiger partial charge is 0.335 e. The molecule has 6 heteroatoms. The summed E-state index contributed by atoms with van der Waals surface area (Å²) in [6.45, 7) is 9.18. The van der Waals surface area contributed by atoms with E-state index < -0.39 is 11.4 Å². The van der Waals surface area contributed by atoms with Crippen molar-refractivity contribution in [1.29, 1.82) is 0 Å². The van der Waals surface area contributed by atoms with E-state index in [0.717, 1.165) is 27.4 Å². The summed E-state index contributed by atoms with van der Waals surface area (Å²) in [5.74, 6) is -0.672. The predicted molar refractivity (Wildman–Crippen MR) is 123 cm³/mol. The molecule has 0 fully saturated rings. The molecule has 0 saturated carbocycles. The summed E-state index contributed by atoms with van der Waals surface area (Å²) in [5.41, 5.74) is 1.83. The van der Waals surface area contributed by atoms with E-state index in [0.29, 0.717) is 17.9 Å². The van der Waals surface area contributed by atoms with Crippen LogP contribution in [0.5, 0.6) is 0 Å². The molecule has 0 aliphatic heterocycles. The molecule has 2 rings (SSSR count). The normalized spacial score (nSPS) is 15.8. The lowest BCUT2D eigenvalue weighted by Gasteiger charge is -2.25. The molecule has 2 heterocycles. The fraction of sp³-hybridized carbons (Fsp3) is 0.333. The van der Waals surface area contributed by atoms with Gasteiger partial charge in [0.05, 0.1) is 21.3 Å². The number of nitrogens with zero attached hydrogens (tertiary/aromatic N) is 1. The Kier molecular flexibility index (Phi) is 7.96. The maximum atomic E-state index is 13.1. The SMILES string of the molecule is CC/C=C\C(=C/C(C)(CC)c1cnc2oc(/C(C)=C/C=C(\C)F)c(Br)c2c1)C(=O)O. The Bertz CT molecular complexity index is 1060. The van der Waals surface area contributed by atoms with Gasteiger partial charge in [-0.05, 0) is 65.9 Å². The minimum Gasteiger partial charge on any atom is -0.478 e. The molecule has 0 aromatic carbocycles. The molecule has 0 saturated heterocycles. The highest BCUT2D eigenvalue weighted by Gasteiger charge is 2.26. The van der Waals surface area contributed by atoms with Gasteiger partial charge in [-0.1, -0.05) is 45.1 Å². The maximum absolute atomic E-state index is 13.1. The number of hydrogen-bond acceptors (Lipinski definition) is 3. The van der Waals surface area contributed by atoms with Crippen LogP contribution in [0.4, 0.5) is 4.39 Å². The van der Waals surface area contributed by atoms with Crippen LogP contribution in [0.3, 0.4) is 0 Å². The van der Waals surface area contributed by atoms with Crippen LogP contribution < -0.4 is 0 Å². The predicted octanol–water partition coefficient (Wildman–Crippen LogP) is 7.51. The number of carboxylic acids is 1. The lowest BCUT2D eigenvalue weighted by molar-refractivity contribution is -0.132. The summed E-state index contributed by atoms with van der Waals surface area (Å²) >= 11 is 3.58. The number of fused-ring (bicyclic) bond motifs is 1. The minimum atomic E-state index is -0.961. The molecular formula is C24H27BrFNO3. The number of carbonyl (C=O) groups is 1. The van der Waals surface area contributed by atoms with Crippen molar-refractivity contribution in [1.82, 2.24) is 4.98 Å². The van der Waals surface area contributed by atoms with Crippen molar-refractivity contribution < 1.29 is 18.7 Å². The molecule has 30 heavy (non-hydrogen) atoms. The van der Waals surface area contributed by atoms with Crippen molar-refractivity contribution in [3.05, 3.63) is 69.8 Å². The standard InChI is InChI=1S/C24H27BrFNO3/c1-6-8-9-17(23(28)29)13-24(5,7-2)18-12-19-20(25)21(30-22(19)27-14-18)15(3)10-11-16(4)26/h8-14H,6-7H2,1-5H3,(H,28,29)/b9-8-,15-10+,16-11+,17-13+. The molecule has 0 spiro atoms. The van der Waals surface area contributed by atoms with Gasteiger partial charge in [-0.25, -0.2) is 14.2 Å². The second-order valence-corrected chi connectivity index (χ2v) is 8.20. The van der Waals surface area contributed by atoms with Gasteiger partial charge in [0.25, 0.3) is 0 Å². The van der Waals surface area contributed by atoms with Crippen molar-refractivity contribution >= 4 is 38.6 Å². The van der Waals surface area contributed by atoms with Gasteiger partial charge in [-0.2, -0.15) is 0 Å². The van der Waals surface area contributed by atoms with E-state index >= 15 is 0 Å². The maximum Gasteiger partial charge on any atom is 0.335 e. The second kappa shape index (κ2) is 10.0. The zero-order valence-electron chi connectivity index (χ0n) is 17.9. The zero-order valence-corrected chi connectivity index (χ0v) is 19.5. The first-order chi connectivity index (χ1) is 14.1. The number of allylic oxidation sites excluding steroid dienone is 6. The van der Waals surface area contributed by atoms with Crippen molar-refractivity contribution in [3.8, 4) is 0 Å². The van der Waals surface area contributed by atoms with Gasteiger partial charge >= 0.3 is 5.97 Å². The van der Waals surface area contributed by atoms with Crippen LogP contribution >= 0.6 is 15.9 Å². The molecule has 0 radical (unpaired) electrons. The van der Waals surface area contributed by atoms with E-state index in [-0.39, 0.29) is 11.4 Å². The van der Waals surface area contributed by atoms with Crippen LogP contribution in [-0.4, -0.2) is 16.1 Å². The summed E-state index contributed by atoms with van der Waals surface area (Å²) in [4.78, 5) is 16.1. The number of hydrogen-bond donors (Lipinski definition) is 1. The van der Waals surface area contributed by atoms with Crippen LogP contribution in [0.15, 0.2) is 62.9 Å². The fourth-order valence-corrected chi connectivity index (χ4v) is 3.67. The van der Waals surface area contributed by atoms with Crippen molar-refractivity contribution in [3.63, 3.8) is 0 Å². The molecule has 1 N–H and O–H groups in total. The Labute approximate surface area is 185 Å². The molecule has 160 valence electrons. The average Bonchev–Trinajstić information content (AvgIpc) is 3.05. The van der Waals surface area contributed by atoms with Crippen LogP contribution in [0.25, 0.3) is 16.7 Å². The van der Waals surface area contributed by atoms with Gasteiger partial charge in [0.1, 0.15) is 5.76 Å². The summed E-state index contributed by atoms with van der Waals surface area (Å²) in [5, 5.41) is 10.4. The van der Waals surface area contributed by atoms with Crippen LogP contribution in [0.2, 0.25) is 0 Å². The Morgan fingerprint density at radius 1 is 1.33 bits per heavy atom. The van der Waals surface area contributed by atoms with E-state index in [1.807, 2.05) is 39.8 Å². The topological polar surface area (TPSA) is 63.3 Å². The Balaban J connectivity index is 2.59. The van der Waals surface area contributed by atoms with Gasteiger partial charge in [0.15, 0.2) is 0 Å². The van der Waals surface area contributed by atoms with E-state index in [2.05, 4.69) is 20.9 Å². The highest BCUT2D eigenvalue weighted by molar-refractivity contribution is 9.10. The molecule has 4 nitrogen and oxygen atoms in total. The third-order valence-electron chi connectivity index (χ3n) is 5.05. The number of rotatable bonds is 8.